The Morgan fingerprint density at radius 2 is 1.93 bits per heavy atom. The molecule has 0 amide bonds. The highest BCUT2D eigenvalue weighted by molar-refractivity contribution is 5.79. The molecule has 3 heterocycles. The van der Waals surface area contributed by atoms with Gasteiger partial charge in [-0.25, -0.2) is 9.98 Å². The molecule has 2 saturated heterocycles. The van der Waals surface area contributed by atoms with E-state index in [0.717, 1.165) is 69.8 Å². The quantitative estimate of drug-likeness (QED) is 0.513. The van der Waals surface area contributed by atoms with E-state index in [1.165, 1.54) is 0 Å². The van der Waals surface area contributed by atoms with Crippen LogP contribution in [0.1, 0.15) is 33.3 Å². The highest BCUT2D eigenvalue weighted by Gasteiger charge is 2.23. The summed E-state index contributed by atoms with van der Waals surface area (Å²) >= 11 is 0. The molecule has 1 aromatic rings. The van der Waals surface area contributed by atoms with Crippen LogP contribution in [0.25, 0.3) is 0 Å². The first-order valence-corrected chi connectivity index (χ1v) is 11.2. The standard InChI is InChI=1S/C22H38N6O2/c1-5-23-22(25-12-17(2)27-8-10-29-11-9-27)26-14-20-6-7-21(24-13-20)28-15-18(3)30-19(4)16-28/h6-7,13,17-19H,5,8-12,14-16H2,1-4H3,(H2,23,25,26). The van der Waals surface area contributed by atoms with Gasteiger partial charge in [0, 0.05) is 51.5 Å². The second-order valence-corrected chi connectivity index (χ2v) is 8.26. The Morgan fingerprint density at radius 1 is 1.20 bits per heavy atom. The van der Waals surface area contributed by atoms with E-state index in [-0.39, 0.29) is 12.2 Å². The predicted molar refractivity (Wildman–Crippen MR) is 121 cm³/mol. The van der Waals surface area contributed by atoms with E-state index in [2.05, 4.69) is 65.2 Å². The van der Waals surface area contributed by atoms with Gasteiger partial charge in [0.25, 0.3) is 0 Å². The Morgan fingerprint density at radius 3 is 2.57 bits per heavy atom. The fraction of sp³-hybridized carbons (Fsp3) is 0.727. The van der Waals surface area contributed by atoms with Gasteiger partial charge in [-0.15, -0.1) is 0 Å². The number of aromatic nitrogens is 1. The number of pyridine rings is 1. The van der Waals surface area contributed by atoms with E-state index >= 15 is 0 Å². The molecule has 3 unspecified atom stereocenters. The molecular formula is C22H38N6O2. The van der Waals surface area contributed by atoms with Crippen LogP contribution in [0.3, 0.4) is 0 Å². The van der Waals surface area contributed by atoms with Crippen molar-refractivity contribution < 1.29 is 9.47 Å². The Labute approximate surface area is 181 Å². The van der Waals surface area contributed by atoms with E-state index in [4.69, 9.17) is 14.5 Å². The lowest BCUT2D eigenvalue weighted by molar-refractivity contribution is -0.00545. The van der Waals surface area contributed by atoms with Crippen LogP contribution in [0.2, 0.25) is 0 Å². The molecule has 8 nitrogen and oxygen atoms in total. The lowest BCUT2D eigenvalue weighted by Gasteiger charge is -2.36. The molecule has 0 aliphatic carbocycles. The van der Waals surface area contributed by atoms with E-state index in [1.54, 1.807) is 0 Å². The molecule has 0 aromatic carbocycles. The Balaban J connectivity index is 1.52. The Kier molecular flexibility index (Phi) is 8.72. The third kappa shape index (κ3) is 6.82. The zero-order chi connectivity index (χ0) is 21.3. The summed E-state index contributed by atoms with van der Waals surface area (Å²) in [7, 11) is 0. The summed E-state index contributed by atoms with van der Waals surface area (Å²) < 4.78 is 11.3. The average molecular weight is 419 g/mol. The SMILES string of the molecule is CCNC(=NCc1ccc(N2CC(C)OC(C)C2)nc1)NCC(C)N1CCOCC1. The number of hydrogen-bond acceptors (Lipinski definition) is 6. The van der Waals surface area contributed by atoms with Crippen molar-refractivity contribution in [2.24, 2.45) is 4.99 Å². The van der Waals surface area contributed by atoms with Gasteiger partial charge in [0.15, 0.2) is 5.96 Å². The lowest BCUT2D eigenvalue weighted by atomic mass is 10.2. The fourth-order valence-corrected chi connectivity index (χ4v) is 3.97. The molecule has 3 rings (SSSR count). The maximum Gasteiger partial charge on any atom is 0.191 e. The fourth-order valence-electron chi connectivity index (χ4n) is 3.97. The second-order valence-electron chi connectivity index (χ2n) is 8.26. The van der Waals surface area contributed by atoms with Gasteiger partial charge < -0.3 is 25.0 Å². The van der Waals surface area contributed by atoms with Crippen LogP contribution in [-0.2, 0) is 16.0 Å². The number of guanidine groups is 1. The third-order valence-electron chi connectivity index (χ3n) is 5.55. The van der Waals surface area contributed by atoms with Gasteiger partial charge in [0.2, 0.25) is 0 Å². The van der Waals surface area contributed by atoms with Crippen molar-refractivity contribution in [1.29, 1.82) is 0 Å². The summed E-state index contributed by atoms with van der Waals surface area (Å²) in [5.41, 5.74) is 1.10. The number of nitrogens with one attached hydrogen (secondary N) is 2. The molecule has 0 bridgehead atoms. The average Bonchev–Trinajstić information content (AvgIpc) is 2.76. The number of anilines is 1. The van der Waals surface area contributed by atoms with Crippen LogP contribution in [0.5, 0.6) is 0 Å². The van der Waals surface area contributed by atoms with Crippen molar-refractivity contribution >= 4 is 11.8 Å². The van der Waals surface area contributed by atoms with E-state index in [1.807, 2.05) is 6.20 Å². The first-order chi connectivity index (χ1) is 14.5. The van der Waals surface area contributed by atoms with Crippen LogP contribution in [0.4, 0.5) is 5.82 Å². The zero-order valence-electron chi connectivity index (χ0n) is 18.9. The number of ether oxygens (including phenoxy) is 2. The van der Waals surface area contributed by atoms with Crippen molar-refractivity contribution in [2.75, 3.05) is 57.4 Å². The smallest absolute Gasteiger partial charge is 0.191 e. The second kappa shape index (κ2) is 11.5. The molecule has 30 heavy (non-hydrogen) atoms. The highest BCUT2D eigenvalue weighted by Crippen LogP contribution is 2.18. The van der Waals surface area contributed by atoms with Gasteiger partial charge >= 0.3 is 0 Å². The van der Waals surface area contributed by atoms with Crippen LogP contribution < -0.4 is 15.5 Å². The molecular weight excluding hydrogens is 380 g/mol. The van der Waals surface area contributed by atoms with Gasteiger partial charge in [-0.2, -0.15) is 0 Å². The van der Waals surface area contributed by atoms with Gasteiger partial charge in [-0.1, -0.05) is 6.07 Å². The Hall–Kier alpha value is -1.90. The molecule has 2 fully saturated rings. The Bertz CT molecular complexity index is 652. The molecule has 2 aliphatic heterocycles. The molecule has 8 heteroatoms. The van der Waals surface area contributed by atoms with Crippen molar-refractivity contribution in [2.45, 2.75) is 52.5 Å². The van der Waals surface area contributed by atoms with Crippen molar-refractivity contribution in [1.82, 2.24) is 20.5 Å². The summed E-state index contributed by atoms with van der Waals surface area (Å²) in [5, 5.41) is 6.81. The molecule has 0 spiro atoms. The molecule has 2 aliphatic rings. The van der Waals surface area contributed by atoms with E-state index < -0.39 is 0 Å². The summed E-state index contributed by atoms with van der Waals surface area (Å²) in [4.78, 5) is 14.2. The molecule has 2 N–H and O–H groups in total. The van der Waals surface area contributed by atoms with E-state index in [9.17, 15) is 0 Å². The molecule has 168 valence electrons. The number of aliphatic imine (C=N–C) groups is 1. The zero-order valence-corrected chi connectivity index (χ0v) is 18.9. The molecule has 1 aromatic heterocycles. The maximum absolute atomic E-state index is 5.82. The summed E-state index contributed by atoms with van der Waals surface area (Å²) in [5.74, 6) is 1.85. The van der Waals surface area contributed by atoms with Crippen LogP contribution >= 0.6 is 0 Å². The summed E-state index contributed by atoms with van der Waals surface area (Å²) in [6.45, 7) is 16.2. The number of hydrogen-bond donors (Lipinski definition) is 2. The number of morpholine rings is 2. The normalized spacial score (nSPS) is 24.5. The van der Waals surface area contributed by atoms with Gasteiger partial charge in [0.05, 0.1) is 32.0 Å². The minimum atomic E-state index is 0.230. The monoisotopic (exact) mass is 418 g/mol. The van der Waals surface area contributed by atoms with Crippen LogP contribution in [-0.4, -0.2) is 86.6 Å². The van der Waals surface area contributed by atoms with Gasteiger partial charge in [-0.05, 0) is 39.3 Å². The molecule has 0 radical (unpaired) electrons. The van der Waals surface area contributed by atoms with Gasteiger partial charge in [-0.3, -0.25) is 4.90 Å². The number of nitrogens with zero attached hydrogens (tertiary/aromatic N) is 4. The van der Waals surface area contributed by atoms with Gasteiger partial charge in [0.1, 0.15) is 5.82 Å². The van der Waals surface area contributed by atoms with Crippen molar-refractivity contribution in [3.63, 3.8) is 0 Å². The predicted octanol–water partition coefficient (Wildman–Crippen LogP) is 1.47. The van der Waals surface area contributed by atoms with E-state index in [0.29, 0.717) is 12.6 Å². The summed E-state index contributed by atoms with van der Waals surface area (Å²) in [6.07, 6.45) is 2.39. The lowest BCUT2D eigenvalue weighted by Crippen LogP contribution is -2.49. The molecule has 3 atom stereocenters. The highest BCUT2D eigenvalue weighted by atomic mass is 16.5. The summed E-state index contributed by atoms with van der Waals surface area (Å²) in [6, 6.07) is 4.66. The first-order valence-electron chi connectivity index (χ1n) is 11.2. The minimum Gasteiger partial charge on any atom is -0.379 e. The maximum atomic E-state index is 5.82. The van der Waals surface area contributed by atoms with Crippen molar-refractivity contribution in [3.05, 3.63) is 23.9 Å². The third-order valence-corrected chi connectivity index (χ3v) is 5.55. The van der Waals surface area contributed by atoms with Crippen LogP contribution in [0.15, 0.2) is 23.3 Å². The van der Waals surface area contributed by atoms with Crippen LogP contribution in [0, 0.1) is 0 Å². The topological polar surface area (TPSA) is 74.2 Å². The minimum absolute atomic E-state index is 0.230. The molecule has 0 saturated carbocycles. The first kappa shape index (κ1) is 22.8. The largest absolute Gasteiger partial charge is 0.379 e. The number of rotatable bonds is 7. The van der Waals surface area contributed by atoms with Crippen molar-refractivity contribution in [3.8, 4) is 0 Å².